The maximum atomic E-state index is 12.0. The van der Waals surface area contributed by atoms with Crippen LogP contribution < -0.4 is 15.8 Å². The smallest absolute Gasteiger partial charge is 0.270 e. The molecule has 1 aromatic heterocycles. The van der Waals surface area contributed by atoms with Crippen molar-refractivity contribution in [3.63, 3.8) is 0 Å². The Kier molecular flexibility index (Phi) is 5.35. The Morgan fingerprint density at radius 1 is 1.55 bits per heavy atom. The van der Waals surface area contributed by atoms with Gasteiger partial charge in [0.15, 0.2) is 0 Å². The fourth-order valence-corrected chi connectivity index (χ4v) is 3.44. The predicted molar refractivity (Wildman–Crippen MR) is 72.0 cm³/mol. The second kappa shape index (κ2) is 6.58. The van der Waals surface area contributed by atoms with Gasteiger partial charge in [-0.15, -0.1) is 10.2 Å². The Labute approximate surface area is 119 Å². The summed E-state index contributed by atoms with van der Waals surface area (Å²) in [7, 11) is -3.88. The first kappa shape index (κ1) is 16.3. The summed E-state index contributed by atoms with van der Waals surface area (Å²) in [5.41, 5.74) is 5.28. The first-order chi connectivity index (χ1) is 9.24. The van der Waals surface area contributed by atoms with Gasteiger partial charge in [-0.25, -0.2) is 13.1 Å². The Hall–Kier alpha value is -1.79. The molecule has 1 amide bonds. The van der Waals surface area contributed by atoms with Gasteiger partial charge >= 0.3 is 0 Å². The van der Waals surface area contributed by atoms with Crippen molar-refractivity contribution in [2.75, 3.05) is 5.32 Å². The average molecular weight is 322 g/mol. The van der Waals surface area contributed by atoms with E-state index in [0.29, 0.717) is 0 Å². The molecule has 1 aromatic rings. The Morgan fingerprint density at radius 2 is 2.20 bits per heavy atom. The van der Waals surface area contributed by atoms with Crippen LogP contribution >= 0.6 is 11.3 Å². The van der Waals surface area contributed by atoms with Crippen molar-refractivity contribution < 1.29 is 18.4 Å². The number of nitrogens with two attached hydrogens (primary N) is 1. The number of sulfonamides is 1. The molecule has 1 heterocycles. The Balaban J connectivity index is 2.78. The van der Waals surface area contributed by atoms with Crippen LogP contribution in [0.25, 0.3) is 0 Å². The zero-order valence-corrected chi connectivity index (χ0v) is 12.3. The molecule has 0 fully saturated rings. The number of nitrogens with one attached hydrogen (secondary N) is 2. The van der Waals surface area contributed by atoms with Crippen LogP contribution in [-0.4, -0.2) is 41.6 Å². The number of hydrogen-bond acceptors (Lipinski definition) is 8. The molecule has 0 aromatic carbocycles. The predicted octanol–water partition coefficient (Wildman–Crippen LogP) is -0.700. The molecule has 0 saturated carbocycles. The van der Waals surface area contributed by atoms with Crippen molar-refractivity contribution in [3.8, 4) is 0 Å². The van der Waals surface area contributed by atoms with E-state index in [4.69, 9.17) is 10.9 Å². The second-order valence-corrected chi connectivity index (χ2v) is 6.74. The van der Waals surface area contributed by atoms with Crippen LogP contribution in [-0.2, 0) is 14.8 Å². The van der Waals surface area contributed by atoms with E-state index in [1.54, 1.807) is 6.92 Å². The highest BCUT2D eigenvalue weighted by atomic mass is 32.2. The lowest BCUT2D eigenvalue weighted by atomic mass is 10.2. The van der Waals surface area contributed by atoms with Crippen LogP contribution in [0.5, 0.6) is 0 Å². The molecule has 0 aliphatic rings. The SMILES string of the molecule is CC(=O)Nc1nnc(S(=O)(=O)NC(C)CC(N)=NO)s1. The van der Waals surface area contributed by atoms with E-state index < -0.39 is 16.1 Å². The number of amides is 1. The lowest BCUT2D eigenvalue weighted by Gasteiger charge is -2.11. The molecule has 0 saturated heterocycles. The van der Waals surface area contributed by atoms with Crippen LogP contribution in [0.3, 0.4) is 0 Å². The van der Waals surface area contributed by atoms with Gasteiger partial charge in [0.25, 0.3) is 10.0 Å². The van der Waals surface area contributed by atoms with Crippen LogP contribution in [0.2, 0.25) is 0 Å². The summed E-state index contributed by atoms with van der Waals surface area (Å²) in [5, 5.41) is 20.6. The fraction of sp³-hybridized carbons (Fsp3) is 0.500. The van der Waals surface area contributed by atoms with E-state index in [1.165, 1.54) is 6.92 Å². The number of anilines is 1. The van der Waals surface area contributed by atoms with Crippen molar-refractivity contribution in [1.29, 1.82) is 0 Å². The van der Waals surface area contributed by atoms with Gasteiger partial charge in [-0.3, -0.25) is 4.79 Å². The van der Waals surface area contributed by atoms with Crippen LogP contribution in [0, 0.1) is 0 Å². The average Bonchev–Trinajstić information content (AvgIpc) is 2.76. The van der Waals surface area contributed by atoms with Gasteiger partial charge in [-0.1, -0.05) is 16.5 Å². The van der Waals surface area contributed by atoms with E-state index in [2.05, 4.69) is 25.4 Å². The monoisotopic (exact) mass is 322 g/mol. The van der Waals surface area contributed by atoms with Gasteiger partial charge in [0.1, 0.15) is 5.84 Å². The standard InChI is InChI=1S/C8H14N6O4S2/c1-4(3-6(9)13-16)14-20(17,18)8-12-11-7(19-8)10-5(2)15/h4,14,16H,3H2,1-2H3,(H2,9,13)(H,10,11,15). The molecule has 5 N–H and O–H groups in total. The quantitative estimate of drug-likeness (QED) is 0.177. The largest absolute Gasteiger partial charge is 0.409 e. The summed E-state index contributed by atoms with van der Waals surface area (Å²) in [4.78, 5) is 10.8. The topological polar surface area (TPSA) is 160 Å². The normalized spacial score (nSPS) is 14.0. The van der Waals surface area contributed by atoms with Crippen molar-refractivity contribution in [2.45, 2.75) is 30.6 Å². The summed E-state index contributed by atoms with van der Waals surface area (Å²) in [6.45, 7) is 2.82. The minimum absolute atomic E-state index is 0.0348. The van der Waals surface area contributed by atoms with Crippen molar-refractivity contribution >= 4 is 38.2 Å². The van der Waals surface area contributed by atoms with Crippen molar-refractivity contribution in [1.82, 2.24) is 14.9 Å². The number of carbonyl (C=O) groups excluding carboxylic acids is 1. The van der Waals surface area contributed by atoms with Gasteiger partial charge in [0, 0.05) is 19.4 Å². The van der Waals surface area contributed by atoms with Crippen LogP contribution in [0.4, 0.5) is 5.13 Å². The van der Waals surface area contributed by atoms with E-state index in [-0.39, 0.29) is 27.6 Å². The molecule has 0 aliphatic carbocycles. The molecular weight excluding hydrogens is 308 g/mol. The van der Waals surface area contributed by atoms with Gasteiger partial charge in [0.2, 0.25) is 15.4 Å². The minimum atomic E-state index is -3.88. The maximum Gasteiger partial charge on any atom is 0.270 e. The van der Waals surface area contributed by atoms with Crippen molar-refractivity contribution in [3.05, 3.63) is 0 Å². The Morgan fingerprint density at radius 3 is 2.75 bits per heavy atom. The van der Waals surface area contributed by atoms with E-state index in [9.17, 15) is 13.2 Å². The fourth-order valence-electron chi connectivity index (χ4n) is 1.23. The summed E-state index contributed by atoms with van der Waals surface area (Å²) in [6.07, 6.45) is 0.0348. The van der Waals surface area contributed by atoms with E-state index in [1.807, 2.05) is 0 Å². The lowest BCUT2D eigenvalue weighted by molar-refractivity contribution is -0.114. The van der Waals surface area contributed by atoms with E-state index >= 15 is 0 Å². The van der Waals surface area contributed by atoms with Crippen LogP contribution in [0.1, 0.15) is 20.3 Å². The molecule has 0 spiro atoms. The Bertz CT molecular complexity index is 610. The molecular formula is C8H14N6O4S2. The number of oxime groups is 1. The highest BCUT2D eigenvalue weighted by molar-refractivity contribution is 7.91. The number of amidine groups is 1. The summed E-state index contributed by atoms with van der Waals surface area (Å²) < 4.78 is 25.9. The lowest BCUT2D eigenvalue weighted by Crippen LogP contribution is -2.35. The highest BCUT2D eigenvalue weighted by Gasteiger charge is 2.23. The highest BCUT2D eigenvalue weighted by Crippen LogP contribution is 2.19. The molecule has 0 bridgehead atoms. The molecule has 12 heteroatoms. The molecule has 1 unspecified atom stereocenters. The minimum Gasteiger partial charge on any atom is -0.409 e. The van der Waals surface area contributed by atoms with Crippen LogP contribution in [0.15, 0.2) is 9.50 Å². The van der Waals surface area contributed by atoms with Gasteiger partial charge in [0.05, 0.1) is 0 Å². The third-order valence-corrected chi connectivity index (χ3v) is 4.72. The van der Waals surface area contributed by atoms with Gasteiger partial charge < -0.3 is 16.3 Å². The second-order valence-electron chi connectivity index (χ2n) is 3.87. The van der Waals surface area contributed by atoms with E-state index in [0.717, 1.165) is 11.3 Å². The molecule has 20 heavy (non-hydrogen) atoms. The number of rotatable bonds is 6. The maximum absolute atomic E-state index is 12.0. The first-order valence-corrected chi connectivity index (χ1v) is 7.64. The first-order valence-electron chi connectivity index (χ1n) is 5.34. The molecule has 0 radical (unpaired) electrons. The molecule has 1 rings (SSSR count). The molecule has 1 atom stereocenters. The molecule has 10 nitrogen and oxygen atoms in total. The number of nitrogens with zero attached hydrogens (tertiary/aromatic N) is 3. The number of hydrogen-bond donors (Lipinski definition) is 4. The zero-order valence-electron chi connectivity index (χ0n) is 10.7. The van der Waals surface area contributed by atoms with Gasteiger partial charge in [-0.05, 0) is 6.92 Å². The number of aromatic nitrogens is 2. The molecule has 0 aliphatic heterocycles. The van der Waals surface area contributed by atoms with Gasteiger partial charge in [-0.2, -0.15) is 0 Å². The summed E-state index contributed by atoms with van der Waals surface area (Å²) in [6, 6.07) is -0.594. The third-order valence-electron chi connectivity index (χ3n) is 1.92. The summed E-state index contributed by atoms with van der Waals surface area (Å²) in [5.74, 6) is -0.477. The third kappa shape index (κ3) is 4.71. The summed E-state index contributed by atoms with van der Waals surface area (Å²) >= 11 is 0.719. The van der Waals surface area contributed by atoms with Crippen molar-refractivity contribution in [2.24, 2.45) is 10.9 Å². The number of carbonyl (C=O) groups is 1. The zero-order chi connectivity index (χ0) is 15.3. The molecule has 112 valence electrons.